The summed E-state index contributed by atoms with van der Waals surface area (Å²) in [5.74, 6) is -0.399. The summed E-state index contributed by atoms with van der Waals surface area (Å²) in [7, 11) is 1.68. The van der Waals surface area contributed by atoms with Gasteiger partial charge in [0.15, 0.2) is 5.13 Å². The van der Waals surface area contributed by atoms with Crippen LogP contribution in [0.4, 0.5) is 14.3 Å². The zero-order chi connectivity index (χ0) is 16.8. The highest BCUT2D eigenvalue weighted by Gasteiger charge is 2.09. The molecule has 0 radical (unpaired) electrons. The van der Waals surface area contributed by atoms with Gasteiger partial charge in [0.2, 0.25) is 5.91 Å². The topological polar surface area (TPSA) is 74.3 Å². The Labute approximate surface area is 137 Å². The molecule has 0 aliphatic heterocycles. The van der Waals surface area contributed by atoms with Gasteiger partial charge >= 0.3 is 6.03 Å². The van der Waals surface area contributed by atoms with E-state index in [1.165, 1.54) is 35.3 Å². The van der Waals surface area contributed by atoms with Crippen molar-refractivity contribution < 1.29 is 14.0 Å². The average Bonchev–Trinajstić information content (AvgIpc) is 2.92. The van der Waals surface area contributed by atoms with Gasteiger partial charge in [-0.05, 0) is 17.7 Å². The summed E-state index contributed by atoms with van der Waals surface area (Å²) in [4.78, 5) is 28.7. The van der Waals surface area contributed by atoms with Crippen molar-refractivity contribution in [2.75, 3.05) is 12.4 Å². The van der Waals surface area contributed by atoms with Crippen LogP contribution < -0.4 is 10.6 Å². The standard InChI is InChI=1S/C15H17FN4O2S/c1-10(21)20(2)8-13-9-23-15(18-13)19-14(22)17-7-11-4-3-5-12(16)6-11/h3-6,9H,7-8H2,1-2H3,(H2,17,18,19,22). The fourth-order valence-corrected chi connectivity index (χ4v) is 2.46. The Morgan fingerprint density at radius 2 is 2.17 bits per heavy atom. The van der Waals surface area contributed by atoms with E-state index in [1.54, 1.807) is 24.6 Å². The average molecular weight is 336 g/mol. The summed E-state index contributed by atoms with van der Waals surface area (Å²) >= 11 is 1.27. The Morgan fingerprint density at radius 1 is 1.39 bits per heavy atom. The molecule has 0 saturated carbocycles. The van der Waals surface area contributed by atoms with Crippen LogP contribution in [-0.4, -0.2) is 28.9 Å². The van der Waals surface area contributed by atoms with Crippen LogP contribution in [0.15, 0.2) is 29.6 Å². The van der Waals surface area contributed by atoms with Crippen LogP contribution in [0.2, 0.25) is 0 Å². The zero-order valence-electron chi connectivity index (χ0n) is 12.8. The van der Waals surface area contributed by atoms with E-state index < -0.39 is 6.03 Å². The number of amides is 3. The molecule has 0 bridgehead atoms. The van der Waals surface area contributed by atoms with E-state index in [0.29, 0.717) is 22.9 Å². The van der Waals surface area contributed by atoms with E-state index in [2.05, 4.69) is 15.6 Å². The van der Waals surface area contributed by atoms with Crippen LogP contribution in [0.25, 0.3) is 0 Å². The minimum atomic E-state index is -0.421. The van der Waals surface area contributed by atoms with Gasteiger partial charge < -0.3 is 10.2 Å². The highest BCUT2D eigenvalue weighted by Crippen LogP contribution is 2.16. The summed E-state index contributed by atoms with van der Waals surface area (Å²) in [5, 5.41) is 7.46. The number of anilines is 1. The fraction of sp³-hybridized carbons (Fsp3) is 0.267. The summed E-state index contributed by atoms with van der Waals surface area (Å²) in [6.45, 7) is 2.08. The quantitative estimate of drug-likeness (QED) is 0.881. The molecule has 0 spiro atoms. The van der Waals surface area contributed by atoms with Crippen molar-refractivity contribution in [1.82, 2.24) is 15.2 Å². The lowest BCUT2D eigenvalue weighted by atomic mass is 10.2. The molecular weight excluding hydrogens is 319 g/mol. The predicted octanol–water partition coefficient (Wildman–Crippen LogP) is 2.58. The van der Waals surface area contributed by atoms with Crippen LogP contribution >= 0.6 is 11.3 Å². The van der Waals surface area contributed by atoms with Crippen molar-refractivity contribution in [3.63, 3.8) is 0 Å². The number of nitrogens with zero attached hydrogens (tertiary/aromatic N) is 2. The molecule has 2 N–H and O–H groups in total. The van der Waals surface area contributed by atoms with Gasteiger partial charge in [-0.15, -0.1) is 11.3 Å². The Balaban J connectivity index is 1.83. The molecule has 122 valence electrons. The van der Waals surface area contributed by atoms with Crippen LogP contribution in [-0.2, 0) is 17.9 Å². The number of carbonyl (C=O) groups excluding carboxylic acids is 2. The first-order valence-corrected chi connectivity index (χ1v) is 7.77. The van der Waals surface area contributed by atoms with Crippen LogP contribution in [0.3, 0.4) is 0 Å². The lowest BCUT2D eigenvalue weighted by Crippen LogP contribution is -2.28. The van der Waals surface area contributed by atoms with Gasteiger partial charge in [0, 0.05) is 25.9 Å². The minimum Gasteiger partial charge on any atom is -0.340 e. The molecule has 2 rings (SSSR count). The summed E-state index contributed by atoms with van der Waals surface area (Å²) in [5.41, 5.74) is 1.37. The molecule has 6 nitrogen and oxygen atoms in total. The van der Waals surface area contributed by atoms with Crippen LogP contribution in [0.1, 0.15) is 18.2 Å². The first kappa shape index (κ1) is 16.9. The van der Waals surface area contributed by atoms with Gasteiger partial charge in [-0.1, -0.05) is 12.1 Å². The number of rotatable bonds is 5. The van der Waals surface area contributed by atoms with Gasteiger partial charge in [0.1, 0.15) is 5.82 Å². The molecule has 0 aliphatic carbocycles. The maximum absolute atomic E-state index is 13.0. The molecule has 0 aliphatic rings. The number of benzene rings is 1. The van der Waals surface area contributed by atoms with Crippen LogP contribution in [0.5, 0.6) is 0 Å². The SMILES string of the molecule is CC(=O)N(C)Cc1csc(NC(=O)NCc2cccc(F)c2)n1. The molecule has 1 heterocycles. The Kier molecular flexibility index (Phi) is 5.64. The van der Waals surface area contributed by atoms with Crippen molar-refractivity contribution in [2.24, 2.45) is 0 Å². The lowest BCUT2D eigenvalue weighted by Gasteiger charge is -2.12. The Bertz CT molecular complexity index is 704. The number of hydrogen-bond acceptors (Lipinski definition) is 4. The molecule has 1 aromatic heterocycles. The highest BCUT2D eigenvalue weighted by atomic mass is 32.1. The largest absolute Gasteiger partial charge is 0.340 e. The Hall–Kier alpha value is -2.48. The molecule has 0 unspecified atom stereocenters. The van der Waals surface area contributed by atoms with Gasteiger partial charge in [-0.25, -0.2) is 14.2 Å². The number of aromatic nitrogens is 1. The number of urea groups is 1. The van der Waals surface area contributed by atoms with Crippen molar-refractivity contribution in [3.8, 4) is 0 Å². The van der Waals surface area contributed by atoms with Gasteiger partial charge in [0.05, 0.1) is 12.2 Å². The van der Waals surface area contributed by atoms with E-state index in [4.69, 9.17) is 0 Å². The normalized spacial score (nSPS) is 10.2. The number of halogens is 1. The molecule has 23 heavy (non-hydrogen) atoms. The molecule has 2 aromatic rings. The molecule has 8 heteroatoms. The zero-order valence-corrected chi connectivity index (χ0v) is 13.6. The molecule has 0 saturated heterocycles. The molecule has 0 fully saturated rings. The van der Waals surface area contributed by atoms with E-state index in [-0.39, 0.29) is 18.3 Å². The number of carbonyl (C=O) groups is 2. The predicted molar refractivity (Wildman–Crippen MR) is 86.5 cm³/mol. The molecule has 0 atom stereocenters. The van der Waals surface area contributed by atoms with E-state index >= 15 is 0 Å². The van der Waals surface area contributed by atoms with Crippen molar-refractivity contribution >= 4 is 28.4 Å². The van der Waals surface area contributed by atoms with Gasteiger partial charge in [-0.3, -0.25) is 10.1 Å². The number of hydrogen-bond donors (Lipinski definition) is 2. The third kappa shape index (κ3) is 5.33. The minimum absolute atomic E-state index is 0.0552. The molecular formula is C15H17FN4O2S. The van der Waals surface area contributed by atoms with Crippen LogP contribution in [0, 0.1) is 5.82 Å². The summed E-state index contributed by atoms with van der Waals surface area (Å²) in [6.07, 6.45) is 0. The first-order valence-electron chi connectivity index (χ1n) is 6.89. The number of thiazole rings is 1. The maximum Gasteiger partial charge on any atom is 0.321 e. The van der Waals surface area contributed by atoms with E-state index in [1.807, 2.05) is 0 Å². The van der Waals surface area contributed by atoms with Crippen molar-refractivity contribution in [3.05, 3.63) is 46.7 Å². The van der Waals surface area contributed by atoms with E-state index in [9.17, 15) is 14.0 Å². The third-order valence-electron chi connectivity index (χ3n) is 3.05. The number of nitrogens with one attached hydrogen (secondary N) is 2. The second kappa shape index (κ2) is 7.68. The maximum atomic E-state index is 13.0. The lowest BCUT2D eigenvalue weighted by molar-refractivity contribution is -0.128. The highest BCUT2D eigenvalue weighted by molar-refractivity contribution is 7.13. The van der Waals surface area contributed by atoms with Crippen molar-refractivity contribution in [1.29, 1.82) is 0 Å². The van der Waals surface area contributed by atoms with E-state index in [0.717, 1.165) is 0 Å². The fourth-order valence-electron chi connectivity index (χ4n) is 1.76. The Morgan fingerprint density at radius 3 is 2.87 bits per heavy atom. The van der Waals surface area contributed by atoms with Gasteiger partial charge in [-0.2, -0.15) is 0 Å². The van der Waals surface area contributed by atoms with Gasteiger partial charge in [0.25, 0.3) is 0 Å². The smallest absolute Gasteiger partial charge is 0.321 e. The first-order chi connectivity index (χ1) is 10.9. The summed E-state index contributed by atoms with van der Waals surface area (Å²) in [6, 6.07) is 5.60. The molecule has 1 aromatic carbocycles. The third-order valence-corrected chi connectivity index (χ3v) is 3.86. The monoisotopic (exact) mass is 336 g/mol. The van der Waals surface area contributed by atoms with Crippen molar-refractivity contribution in [2.45, 2.75) is 20.0 Å². The molecule has 3 amide bonds. The summed E-state index contributed by atoms with van der Waals surface area (Å²) < 4.78 is 13.0. The second-order valence-electron chi connectivity index (χ2n) is 4.96. The second-order valence-corrected chi connectivity index (χ2v) is 5.81.